The van der Waals surface area contributed by atoms with Gasteiger partial charge in [0.05, 0.1) is 23.2 Å². The lowest BCUT2D eigenvalue weighted by atomic mass is 9.91. The van der Waals surface area contributed by atoms with Gasteiger partial charge in [-0.15, -0.1) is 11.3 Å². The summed E-state index contributed by atoms with van der Waals surface area (Å²) >= 11 is 1.01. The highest BCUT2D eigenvalue weighted by Crippen LogP contribution is 2.27. The van der Waals surface area contributed by atoms with E-state index in [2.05, 4.69) is 11.1 Å². The van der Waals surface area contributed by atoms with Crippen LogP contribution in [0.3, 0.4) is 0 Å². The quantitative estimate of drug-likeness (QED) is 0.935. The molecule has 0 saturated carbocycles. The second-order valence-corrected chi connectivity index (χ2v) is 6.53. The minimum absolute atomic E-state index is 0.143. The minimum Gasteiger partial charge on any atom is -0.477 e. The number of fused-ring (bicyclic) bond motifs is 1. The Labute approximate surface area is 125 Å². The molecule has 0 saturated heterocycles. The molecule has 1 N–H and O–H groups in total. The van der Waals surface area contributed by atoms with E-state index < -0.39 is 11.4 Å². The molecule has 0 aliphatic rings. The molecule has 0 aliphatic heterocycles. The van der Waals surface area contributed by atoms with Gasteiger partial charge in [0.2, 0.25) is 0 Å². The number of hydrogen-bond donors (Lipinski definition) is 1. The zero-order valence-corrected chi connectivity index (χ0v) is 12.8. The van der Waals surface area contributed by atoms with Crippen LogP contribution in [0.4, 0.5) is 0 Å². The van der Waals surface area contributed by atoms with Crippen molar-refractivity contribution in [2.45, 2.75) is 33.7 Å². The first-order valence-electron chi connectivity index (χ1n) is 6.40. The molecule has 0 aromatic carbocycles. The van der Waals surface area contributed by atoms with Gasteiger partial charge in [0.15, 0.2) is 0 Å². The molecule has 2 heterocycles. The fraction of sp³-hybridized carbons (Fsp3) is 0.429. The molecular weight excluding hydrogens is 290 g/mol. The molecule has 0 spiro atoms. The standard InChI is InChI=1S/C14H15N3O3S/c1-8-9-11(21-10(8)13(19)20)16-7-17(12(9)18)5-4-14(2,3)6-15/h7H,4-5H2,1-3H3,(H,19,20). The van der Waals surface area contributed by atoms with Crippen LogP contribution in [-0.4, -0.2) is 20.6 Å². The van der Waals surface area contributed by atoms with Crippen LogP contribution in [0.25, 0.3) is 10.2 Å². The third-order valence-corrected chi connectivity index (χ3v) is 4.58. The van der Waals surface area contributed by atoms with Gasteiger partial charge in [-0.05, 0) is 32.8 Å². The van der Waals surface area contributed by atoms with Crippen LogP contribution in [0, 0.1) is 23.7 Å². The summed E-state index contributed by atoms with van der Waals surface area (Å²) in [6.07, 6.45) is 1.94. The van der Waals surface area contributed by atoms with E-state index in [0.29, 0.717) is 28.7 Å². The molecule has 0 amide bonds. The highest BCUT2D eigenvalue weighted by atomic mass is 32.1. The average Bonchev–Trinajstić information content (AvgIpc) is 2.76. The maximum atomic E-state index is 12.4. The molecule has 6 nitrogen and oxygen atoms in total. The SMILES string of the molecule is Cc1c(C(=O)O)sc2ncn(CCC(C)(C)C#N)c(=O)c12. The van der Waals surface area contributed by atoms with Crippen molar-refractivity contribution in [3.63, 3.8) is 0 Å². The molecular formula is C14H15N3O3S. The van der Waals surface area contributed by atoms with Crippen LogP contribution < -0.4 is 5.56 Å². The normalized spacial score (nSPS) is 11.5. The molecule has 0 radical (unpaired) electrons. The van der Waals surface area contributed by atoms with E-state index in [1.54, 1.807) is 6.92 Å². The Morgan fingerprint density at radius 2 is 2.24 bits per heavy atom. The summed E-state index contributed by atoms with van der Waals surface area (Å²) in [7, 11) is 0. The topological polar surface area (TPSA) is 96.0 Å². The summed E-state index contributed by atoms with van der Waals surface area (Å²) in [5.74, 6) is -1.05. The molecule has 7 heteroatoms. The third-order valence-electron chi connectivity index (χ3n) is 3.39. The summed E-state index contributed by atoms with van der Waals surface area (Å²) < 4.78 is 1.44. The van der Waals surface area contributed by atoms with Crippen molar-refractivity contribution in [3.05, 3.63) is 27.1 Å². The number of hydrogen-bond acceptors (Lipinski definition) is 5. The lowest BCUT2D eigenvalue weighted by molar-refractivity contribution is 0.0701. The van der Waals surface area contributed by atoms with Gasteiger partial charge in [0.25, 0.3) is 5.56 Å². The van der Waals surface area contributed by atoms with Crippen molar-refractivity contribution < 1.29 is 9.90 Å². The molecule has 2 rings (SSSR count). The fourth-order valence-corrected chi connectivity index (χ4v) is 2.96. The smallest absolute Gasteiger partial charge is 0.346 e. The van der Waals surface area contributed by atoms with Crippen molar-refractivity contribution in [2.24, 2.45) is 5.41 Å². The number of aryl methyl sites for hydroxylation is 2. The van der Waals surface area contributed by atoms with Crippen molar-refractivity contribution in [2.75, 3.05) is 0 Å². The van der Waals surface area contributed by atoms with E-state index in [-0.39, 0.29) is 10.4 Å². The van der Waals surface area contributed by atoms with Crippen LogP contribution in [-0.2, 0) is 6.54 Å². The number of rotatable bonds is 4. The van der Waals surface area contributed by atoms with Crippen LogP contribution >= 0.6 is 11.3 Å². The number of thiophene rings is 1. The fourth-order valence-electron chi connectivity index (χ4n) is 1.98. The number of aromatic carboxylic acids is 1. The van der Waals surface area contributed by atoms with E-state index in [0.717, 1.165) is 11.3 Å². The number of carboxylic acids is 1. The molecule has 0 aliphatic carbocycles. The zero-order valence-electron chi connectivity index (χ0n) is 12.0. The van der Waals surface area contributed by atoms with Crippen LogP contribution in [0.2, 0.25) is 0 Å². The molecule has 21 heavy (non-hydrogen) atoms. The first-order valence-corrected chi connectivity index (χ1v) is 7.21. The Morgan fingerprint density at radius 1 is 1.57 bits per heavy atom. The van der Waals surface area contributed by atoms with Gasteiger partial charge in [-0.3, -0.25) is 9.36 Å². The van der Waals surface area contributed by atoms with Gasteiger partial charge in [-0.2, -0.15) is 5.26 Å². The Hall–Kier alpha value is -2.20. The summed E-state index contributed by atoms with van der Waals surface area (Å²) in [5.41, 5.74) is -0.325. The van der Waals surface area contributed by atoms with E-state index in [1.165, 1.54) is 10.9 Å². The summed E-state index contributed by atoms with van der Waals surface area (Å²) in [6.45, 7) is 5.61. The van der Waals surface area contributed by atoms with Crippen LogP contribution in [0.1, 0.15) is 35.5 Å². The first-order chi connectivity index (χ1) is 9.76. The lowest BCUT2D eigenvalue weighted by Gasteiger charge is -2.15. The van der Waals surface area contributed by atoms with Crippen molar-refractivity contribution >= 4 is 27.5 Å². The molecule has 0 atom stereocenters. The summed E-state index contributed by atoms with van der Waals surface area (Å²) in [5, 5.41) is 18.5. The highest BCUT2D eigenvalue weighted by molar-refractivity contribution is 7.20. The lowest BCUT2D eigenvalue weighted by Crippen LogP contribution is -2.23. The minimum atomic E-state index is -1.05. The largest absolute Gasteiger partial charge is 0.477 e. The third kappa shape index (κ3) is 2.81. The van der Waals surface area contributed by atoms with E-state index in [9.17, 15) is 9.59 Å². The Kier molecular flexibility index (Phi) is 3.83. The molecule has 0 unspecified atom stereocenters. The molecule has 110 valence electrons. The maximum absolute atomic E-state index is 12.4. The first kappa shape index (κ1) is 15.2. The van der Waals surface area contributed by atoms with Gasteiger partial charge in [-0.25, -0.2) is 9.78 Å². The predicted molar refractivity (Wildman–Crippen MR) is 79.6 cm³/mol. The summed E-state index contributed by atoms with van der Waals surface area (Å²) in [4.78, 5) is 28.3. The number of nitriles is 1. The number of carboxylic acid groups (broad SMARTS) is 1. The summed E-state index contributed by atoms with van der Waals surface area (Å²) in [6, 6.07) is 2.19. The second-order valence-electron chi connectivity index (χ2n) is 5.53. The number of aromatic nitrogens is 2. The highest BCUT2D eigenvalue weighted by Gasteiger charge is 2.20. The van der Waals surface area contributed by atoms with Gasteiger partial charge < -0.3 is 5.11 Å². The number of nitrogens with zero attached hydrogens (tertiary/aromatic N) is 3. The monoisotopic (exact) mass is 305 g/mol. The predicted octanol–water partition coefficient (Wildman–Crippen LogP) is 2.40. The Balaban J connectivity index is 2.48. The van der Waals surface area contributed by atoms with Crippen LogP contribution in [0.5, 0.6) is 0 Å². The van der Waals surface area contributed by atoms with E-state index >= 15 is 0 Å². The maximum Gasteiger partial charge on any atom is 0.346 e. The van der Waals surface area contributed by atoms with Gasteiger partial charge >= 0.3 is 5.97 Å². The van der Waals surface area contributed by atoms with E-state index in [4.69, 9.17) is 10.4 Å². The number of carbonyl (C=O) groups is 1. The molecule has 2 aromatic rings. The van der Waals surface area contributed by atoms with Gasteiger partial charge in [0, 0.05) is 6.54 Å². The second kappa shape index (κ2) is 5.30. The van der Waals surface area contributed by atoms with E-state index in [1.807, 2.05) is 13.8 Å². The van der Waals surface area contributed by atoms with Gasteiger partial charge in [-0.1, -0.05) is 0 Å². The average molecular weight is 305 g/mol. The molecule has 0 fully saturated rings. The van der Waals surface area contributed by atoms with Crippen LogP contribution in [0.15, 0.2) is 11.1 Å². The van der Waals surface area contributed by atoms with Crippen molar-refractivity contribution in [1.82, 2.24) is 9.55 Å². The molecule has 0 bridgehead atoms. The van der Waals surface area contributed by atoms with Crippen molar-refractivity contribution in [1.29, 1.82) is 5.26 Å². The molecule has 2 aromatic heterocycles. The Bertz CT molecular complexity index is 811. The Morgan fingerprint density at radius 3 is 2.81 bits per heavy atom. The van der Waals surface area contributed by atoms with Gasteiger partial charge in [0.1, 0.15) is 9.71 Å². The zero-order chi connectivity index (χ0) is 15.8. The van der Waals surface area contributed by atoms with Crippen molar-refractivity contribution in [3.8, 4) is 6.07 Å².